The molecule has 0 unspecified atom stereocenters. The van der Waals surface area contributed by atoms with Gasteiger partial charge < -0.3 is 14.7 Å². The van der Waals surface area contributed by atoms with E-state index in [2.05, 4.69) is 73.1 Å². The van der Waals surface area contributed by atoms with Crippen molar-refractivity contribution in [1.82, 2.24) is 25.0 Å². The van der Waals surface area contributed by atoms with E-state index in [1.807, 2.05) is 6.07 Å². The second kappa shape index (κ2) is 9.80. The summed E-state index contributed by atoms with van der Waals surface area (Å²) < 4.78 is 0. The summed E-state index contributed by atoms with van der Waals surface area (Å²) in [5.74, 6) is 1.72. The highest BCUT2D eigenvalue weighted by Crippen LogP contribution is 2.17. The van der Waals surface area contributed by atoms with Crippen molar-refractivity contribution >= 4 is 17.8 Å². The van der Waals surface area contributed by atoms with Crippen LogP contribution in [-0.4, -0.2) is 90.4 Å². The number of piperazine rings is 2. The smallest absolute Gasteiger partial charge is 0.247 e. The second-order valence-electron chi connectivity index (χ2n) is 7.64. The summed E-state index contributed by atoms with van der Waals surface area (Å²) >= 11 is 0. The molecule has 29 heavy (non-hydrogen) atoms. The normalized spacial score (nSPS) is 19.2. The molecule has 2 fully saturated rings. The van der Waals surface area contributed by atoms with Gasteiger partial charge in [-0.2, -0.15) is 10.1 Å². The van der Waals surface area contributed by atoms with Gasteiger partial charge in [-0.15, -0.1) is 5.10 Å². The van der Waals surface area contributed by atoms with E-state index in [4.69, 9.17) is 4.98 Å². The average molecular weight is 394 g/mol. The third-order valence-corrected chi connectivity index (χ3v) is 5.81. The molecule has 0 aliphatic carbocycles. The summed E-state index contributed by atoms with van der Waals surface area (Å²) in [6, 6.07) is 10.5. The summed E-state index contributed by atoms with van der Waals surface area (Å²) in [6.07, 6.45) is 6.25. The van der Waals surface area contributed by atoms with Crippen molar-refractivity contribution in [1.29, 1.82) is 0 Å². The van der Waals surface area contributed by atoms with Crippen molar-refractivity contribution in [3.63, 3.8) is 0 Å². The average Bonchev–Trinajstić information content (AvgIpc) is 2.80. The molecule has 154 valence electrons. The number of nitrogens with zero attached hydrogens (tertiary/aromatic N) is 7. The van der Waals surface area contributed by atoms with E-state index in [1.54, 1.807) is 6.20 Å². The minimum absolute atomic E-state index is 0.764. The molecule has 0 radical (unpaired) electrons. The molecule has 0 bridgehead atoms. The van der Waals surface area contributed by atoms with E-state index >= 15 is 0 Å². The van der Waals surface area contributed by atoms with Crippen LogP contribution in [0.15, 0.2) is 42.6 Å². The minimum atomic E-state index is 0.764. The third kappa shape index (κ3) is 5.31. The number of likely N-dealkylation sites (N-methyl/N-ethyl adjacent to an activating group) is 1. The highest BCUT2D eigenvalue weighted by atomic mass is 15.4. The summed E-state index contributed by atoms with van der Waals surface area (Å²) in [5, 5.41) is 8.55. The molecule has 4 rings (SSSR count). The lowest BCUT2D eigenvalue weighted by Gasteiger charge is -2.36. The molecule has 2 aromatic rings. The van der Waals surface area contributed by atoms with Gasteiger partial charge in [-0.05, 0) is 12.1 Å². The Morgan fingerprint density at radius 2 is 1.55 bits per heavy atom. The molecule has 2 aliphatic heterocycles. The SMILES string of the molecule is CCN1CCN(c2cnnc(N3CCN(C/C=C/c4ccccc4)CC3)n2)CC1. The Kier molecular flexibility index (Phi) is 6.69. The van der Waals surface area contributed by atoms with Crippen LogP contribution in [0.5, 0.6) is 0 Å². The van der Waals surface area contributed by atoms with Crippen LogP contribution >= 0.6 is 0 Å². The fourth-order valence-electron chi connectivity index (χ4n) is 3.90. The maximum absolute atomic E-state index is 4.83. The number of hydrogen-bond acceptors (Lipinski definition) is 7. The monoisotopic (exact) mass is 393 g/mol. The molecule has 0 spiro atoms. The number of rotatable bonds is 6. The Balaban J connectivity index is 1.28. The quantitative estimate of drug-likeness (QED) is 0.742. The molecule has 7 nitrogen and oxygen atoms in total. The largest absolute Gasteiger partial charge is 0.353 e. The lowest BCUT2D eigenvalue weighted by Crippen LogP contribution is -2.48. The molecule has 0 saturated carbocycles. The van der Waals surface area contributed by atoms with Crippen molar-refractivity contribution in [2.45, 2.75) is 6.92 Å². The first-order valence-corrected chi connectivity index (χ1v) is 10.7. The van der Waals surface area contributed by atoms with Crippen LogP contribution in [0.2, 0.25) is 0 Å². The molecule has 0 atom stereocenters. The van der Waals surface area contributed by atoms with Crippen LogP contribution in [0, 0.1) is 0 Å². The van der Waals surface area contributed by atoms with E-state index in [1.165, 1.54) is 5.56 Å². The topological polar surface area (TPSA) is 51.6 Å². The number of hydrogen-bond donors (Lipinski definition) is 0. The van der Waals surface area contributed by atoms with Crippen LogP contribution in [0.4, 0.5) is 11.8 Å². The van der Waals surface area contributed by atoms with Crippen LogP contribution in [0.25, 0.3) is 6.08 Å². The van der Waals surface area contributed by atoms with Gasteiger partial charge in [-0.3, -0.25) is 4.90 Å². The molecule has 0 amide bonds. The highest BCUT2D eigenvalue weighted by Gasteiger charge is 2.21. The zero-order chi connectivity index (χ0) is 19.9. The van der Waals surface area contributed by atoms with Crippen LogP contribution in [-0.2, 0) is 0 Å². The number of aromatic nitrogens is 3. The number of benzene rings is 1. The second-order valence-corrected chi connectivity index (χ2v) is 7.64. The van der Waals surface area contributed by atoms with E-state index in [-0.39, 0.29) is 0 Å². The Labute approximate surface area is 173 Å². The predicted molar refractivity (Wildman–Crippen MR) is 118 cm³/mol. The summed E-state index contributed by atoms with van der Waals surface area (Å²) in [6.45, 7) is 12.4. The fraction of sp³-hybridized carbons (Fsp3) is 0.500. The Morgan fingerprint density at radius 1 is 0.862 bits per heavy atom. The van der Waals surface area contributed by atoms with Crippen LogP contribution < -0.4 is 9.80 Å². The predicted octanol–water partition coefficient (Wildman–Crippen LogP) is 1.85. The van der Waals surface area contributed by atoms with Crippen LogP contribution in [0.3, 0.4) is 0 Å². The highest BCUT2D eigenvalue weighted by molar-refractivity contribution is 5.48. The Morgan fingerprint density at radius 3 is 2.28 bits per heavy atom. The van der Waals surface area contributed by atoms with Gasteiger partial charge in [0.25, 0.3) is 0 Å². The van der Waals surface area contributed by atoms with E-state index < -0.39 is 0 Å². The van der Waals surface area contributed by atoms with Gasteiger partial charge in [0.1, 0.15) is 0 Å². The van der Waals surface area contributed by atoms with Crippen molar-refractivity contribution in [3.05, 3.63) is 48.2 Å². The maximum atomic E-state index is 4.83. The van der Waals surface area contributed by atoms with Gasteiger partial charge >= 0.3 is 0 Å². The number of anilines is 2. The van der Waals surface area contributed by atoms with E-state index in [0.717, 1.165) is 77.2 Å². The Hall–Kier alpha value is -2.51. The van der Waals surface area contributed by atoms with Gasteiger partial charge in [0.05, 0.1) is 6.20 Å². The summed E-state index contributed by atoms with van der Waals surface area (Å²) in [7, 11) is 0. The van der Waals surface area contributed by atoms with Crippen molar-refractivity contribution in [3.8, 4) is 0 Å². The van der Waals surface area contributed by atoms with E-state index in [0.29, 0.717) is 0 Å². The standard InChI is InChI=1S/C22H31N7/c1-2-26-11-15-28(16-12-26)21-19-23-25-22(24-21)29-17-13-27(14-18-29)10-6-9-20-7-4-3-5-8-20/h3-9,19H,2,10-18H2,1H3/b9-6+. The van der Waals surface area contributed by atoms with Gasteiger partial charge in [-0.25, -0.2) is 0 Å². The van der Waals surface area contributed by atoms with Gasteiger partial charge in [0, 0.05) is 58.9 Å². The molecular weight excluding hydrogens is 362 g/mol. The first-order valence-electron chi connectivity index (χ1n) is 10.7. The molecule has 1 aromatic heterocycles. The first kappa shape index (κ1) is 19.8. The van der Waals surface area contributed by atoms with Crippen molar-refractivity contribution in [2.75, 3.05) is 75.2 Å². The Bertz CT molecular complexity index is 779. The van der Waals surface area contributed by atoms with E-state index in [9.17, 15) is 0 Å². The van der Waals surface area contributed by atoms with Gasteiger partial charge in [0.2, 0.25) is 5.95 Å². The first-order chi connectivity index (χ1) is 14.3. The van der Waals surface area contributed by atoms with Gasteiger partial charge in [0.15, 0.2) is 5.82 Å². The molecule has 1 aromatic carbocycles. The third-order valence-electron chi connectivity index (χ3n) is 5.81. The molecule has 7 heteroatoms. The molecule has 0 N–H and O–H groups in total. The molecule has 2 saturated heterocycles. The summed E-state index contributed by atoms with van der Waals surface area (Å²) in [5.41, 5.74) is 1.25. The summed E-state index contributed by atoms with van der Waals surface area (Å²) in [4.78, 5) is 14.4. The zero-order valence-corrected chi connectivity index (χ0v) is 17.3. The van der Waals surface area contributed by atoms with Crippen LogP contribution in [0.1, 0.15) is 12.5 Å². The maximum Gasteiger partial charge on any atom is 0.247 e. The lowest BCUT2D eigenvalue weighted by molar-refractivity contribution is 0.270. The lowest BCUT2D eigenvalue weighted by atomic mass is 10.2. The van der Waals surface area contributed by atoms with Gasteiger partial charge in [-0.1, -0.05) is 49.4 Å². The molecular formula is C22H31N7. The van der Waals surface area contributed by atoms with Crippen molar-refractivity contribution in [2.24, 2.45) is 0 Å². The zero-order valence-electron chi connectivity index (χ0n) is 17.3. The van der Waals surface area contributed by atoms with Crippen molar-refractivity contribution < 1.29 is 0 Å². The molecule has 3 heterocycles. The minimum Gasteiger partial charge on any atom is -0.353 e. The molecule has 2 aliphatic rings. The fourth-order valence-corrected chi connectivity index (χ4v) is 3.90.